The van der Waals surface area contributed by atoms with Gasteiger partial charge in [0.05, 0.1) is 5.60 Å². The smallest absolute Gasteiger partial charge is 0.225 e. The van der Waals surface area contributed by atoms with E-state index in [4.69, 9.17) is 5.73 Å². The van der Waals surface area contributed by atoms with Crippen molar-refractivity contribution < 1.29 is 9.90 Å². The largest absolute Gasteiger partial charge is 0.389 e. The Morgan fingerprint density at radius 3 is 2.38 bits per heavy atom. The van der Waals surface area contributed by atoms with E-state index in [9.17, 15) is 9.90 Å². The molecule has 1 saturated carbocycles. The lowest BCUT2D eigenvalue weighted by Crippen LogP contribution is -2.53. The summed E-state index contributed by atoms with van der Waals surface area (Å²) in [5.74, 6) is 0.932. The summed E-state index contributed by atoms with van der Waals surface area (Å²) >= 11 is 0. The lowest BCUT2D eigenvalue weighted by molar-refractivity contribution is -0.139. The number of amides is 1. The molecule has 0 radical (unpaired) electrons. The van der Waals surface area contributed by atoms with Gasteiger partial charge in [-0.1, -0.05) is 6.92 Å². The fourth-order valence-electron chi connectivity index (χ4n) is 3.58. The minimum atomic E-state index is -0.666. The number of piperazine rings is 1. The van der Waals surface area contributed by atoms with E-state index in [1.807, 2.05) is 18.7 Å². The van der Waals surface area contributed by atoms with Gasteiger partial charge in [0.1, 0.15) is 0 Å². The Labute approximate surface area is 128 Å². The highest BCUT2D eigenvalue weighted by Crippen LogP contribution is 2.29. The van der Waals surface area contributed by atoms with Crippen LogP contribution in [0.3, 0.4) is 0 Å². The summed E-state index contributed by atoms with van der Waals surface area (Å²) in [6, 6.07) is 0.262. The van der Waals surface area contributed by atoms with Crippen LogP contribution in [0.4, 0.5) is 0 Å². The molecule has 0 spiro atoms. The van der Waals surface area contributed by atoms with Crippen LogP contribution in [0.15, 0.2) is 0 Å². The van der Waals surface area contributed by atoms with Crippen LogP contribution in [0.2, 0.25) is 0 Å². The zero-order valence-corrected chi connectivity index (χ0v) is 13.7. The van der Waals surface area contributed by atoms with E-state index in [0.717, 1.165) is 45.4 Å². The van der Waals surface area contributed by atoms with Gasteiger partial charge in [-0.15, -0.1) is 0 Å². The number of carbonyl (C=O) groups is 1. The first-order valence-electron chi connectivity index (χ1n) is 8.25. The van der Waals surface area contributed by atoms with Gasteiger partial charge in [0.15, 0.2) is 0 Å². The first kappa shape index (κ1) is 16.7. The summed E-state index contributed by atoms with van der Waals surface area (Å²) in [5.41, 5.74) is 5.38. The van der Waals surface area contributed by atoms with Crippen molar-refractivity contribution in [3.8, 4) is 0 Å². The molecular weight excluding hydrogens is 266 g/mol. The molecule has 1 aliphatic carbocycles. The average Bonchev–Trinajstić information content (AvgIpc) is 2.40. The van der Waals surface area contributed by atoms with E-state index >= 15 is 0 Å². The first-order valence-corrected chi connectivity index (χ1v) is 8.25. The van der Waals surface area contributed by atoms with E-state index in [1.165, 1.54) is 0 Å². The molecule has 3 unspecified atom stereocenters. The summed E-state index contributed by atoms with van der Waals surface area (Å²) < 4.78 is 0. The number of nitrogens with two attached hydrogens (primary N) is 1. The molecule has 122 valence electrons. The Bertz CT molecular complexity index is 359. The molecule has 2 rings (SSSR count). The third kappa shape index (κ3) is 4.66. The van der Waals surface area contributed by atoms with E-state index in [-0.39, 0.29) is 12.0 Å². The van der Waals surface area contributed by atoms with Crippen molar-refractivity contribution in [3.63, 3.8) is 0 Å². The highest BCUT2D eigenvalue weighted by molar-refractivity contribution is 5.79. The molecule has 1 amide bonds. The number of nitrogens with zero attached hydrogens (tertiary/aromatic N) is 2. The molecule has 0 bridgehead atoms. The van der Waals surface area contributed by atoms with Crippen molar-refractivity contribution in [1.29, 1.82) is 0 Å². The molecule has 1 aliphatic heterocycles. The third-order valence-electron chi connectivity index (χ3n) is 4.88. The highest BCUT2D eigenvalue weighted by Gasteiger charge is 2.33. The van der Waals surface area contributed by atoms with Gasteiger partial charge in [-0.25, -0.2) is 0 Å². The minimum Gasteiger partial charge on any atom is -0.389 e. The standard InChI is InChI=1S/C16H31N3O2/c1-12-10-13(4-5-14(12)17)15(20)19-8-6-18(7-9-19)11-16(2,3)21/h12-14,21H,4-11,17H2,1-3H3. The Balaban J connectivity index is 1.81. The molecule has 2 fully saturated rings. The quantitative estimate of drug-likeness (QED) is 0.803. The van der Waals surface area contributed by atoms with Crippen LogP contribution in [-0.4, -0.2) is 65.2 Å². The molecule has 1 heterocycles. The van der Waals surface area contributed by atoms with Crippen molar-refractivity contribution in [3.05, 3.63) is 0 Å². The van der Waals surface area contributed by atoms with Crippen LogP contribution < -0.4 is 5.73 Å². The van der Waals surface area contributed by atoms with Crippen molar-refractivity contribution in [2.45, 2.75) is 51.7 Å². The number of aliphatic hydroxyl groups is 1. The number of carbonyl (C=O) groups excluding carboxylic acids is 1. The maximum atomic E-state index is 12.6. The van der Waals surface area contributed by atoms with Crippen LogP contribution in [0, 0.1) is 11.8 Å². The molecule has 5 nitrogen and oxygen atoms in total. The van der Waals surface area contributed by atoms with Gasteiger partial charge in [0, 0.05) is 44.7 Å². The monoisotopic (exact) mass is 297 g/mol. The van der Waals surface area contributed by atoms with E-state index in [2.05, 4.69) is 11.8 Å². The van der Waals surface area contributed by atoms with Gasteiger partial charge in [0.25, 0.3) is 0 Å². The van der Waals surface area contributed by atoms with Gasteiger partial charge in [-0.3, -0.25) is 9.69 Å². The highest BCUT2D eigenvalue weighted by atomic mass is 16.3. The lowest BCUT2D eigenvalue weighted by Gasteiger charge is -2.40. The molecule has 3 atom stereocenters. The Hall–Kier alpha value is -0.650. The zero-order valence-electron chi connectivity index (χ0n) is 13.7. The molecule has 5 heteroatoms. The Morgan fingerprint density at radius 1 is 1.24 bits per heavy atom. The maximum absolute atomic E-state index is 12.6. The second-order valence-electron chi connectivity index (χ2n) is 7.56. The molecule has 3 N–H and O–H groups in total. The molecule has 0 aromatic carbocycles. The summed E-state index contributed by atoms with van der Waals surface area (Å²) in [4.78, 5) is 16.9. The SMILES string of the molecule is CC1CC(C(=O)N2CCN(CC(C)(C)O)CC2)CCC1N. The van der Waals surface area contributed by atoms with Gasteiger partial charge in [-0.05, 0) is 39.0 Å². The molecule has 0 aromatic heterocycles. The summed E-state index contributed by atoms with van der Waals surface area (Å²) in [6.07, 6.45) is 2.84. The van der Waals surface area contributed by atoms with Crippen molar-refractivity contribution >= 4 is 5.91 Å². The summed E-state index contributed by atoms with van der Waals surface area (Å²) in [6.45, 7) is 9.77. The van der Waals surface area contributed by atoms with Gasteiger partial charge in [0.2, 0.25) is 5.91 Å². The Morgan fingerprint density at radius 2 is 1.86 bits per heavy atom. The van der Waals surface area contributed by atoms with E-state index in [0.29, 0.717) is 18.4 Å². The van der Waals surface area contributed by atoms with Crippen molar-refractivity contribution in [2.75, 3.05) is 32.7 Å². The van der Waals surface area contributed by atoms with Gasteiger partial charge < -0.3 is 15.7 Å². The van der Waals surface area contributed by atoms with Crippen LogP contribution >= 0.6 is 0 Å². The van der Waals surface area contributed by atoms with Crippen LogP contribution in [-0.2, 0) is 4.79 Å². The van der Waals surface area contributed by atoms with Crippen molar-refractivity contribution in [2.24, 2.45) is 17.6 Å². The molecule has 21 heavy (non-hydrogen) atoms. The van der Waals surface area contributed by atoms with Gasteiger partial charge >= 0.3 is 0 Å². The normalized spacial score (nSPS) is 32.2. The van der Waals surface area contributed by atoms with Crippen molar-refractivity contribution in [1.82, 2.24) is 9.80 Å². The van der Waals surface area contributed by atoms with E-state index in [1.54, 1.807) is 0 Å². The van der Waals surface area contributed by atoms with Crippen LogP contribution in [0.5, 0.6) is 0 Å². The molecule has 0 aromatic rings. The Kier molecular flexibility index (Phi) is 5.28. The molecule has 1 saturated heterocycles. The number of rotatable bonds is 3. The third-order valence-corrected chi connectivity index (χ3v) is 4.88. The predicted octanol–water partition coefficient (Wildman–Crippen LogP) is 0.665. The topological polar surface area (TPSA) is 69.8 Å². The minimum absolute atomic E-state index is 0.167. The molecular formula is C16H31N3O2. The average molecular weight is 297 g/mol. The van der Waals surface area contributed by atoms with Gasteiger partial charge in [-0.2, -0.15) is 0 Å². The number of β-amino-alcohol motifs (C(OH)–C–C–N with tert-alkyl or cyclic N) is 1. The summed E-state index contributed by atoms with van der Waals surface area (Å²) in [7, 11) is 0. The second-order valence-corrected chi connectivity index (χ2v) is 7.56. The lowest BCUT2D eigenvalue weighted by atomic mass is 9.78. The molecule has 2 aliphatic rings. The van der Waals surface area contributed by atoms with Crippen LogP contribution in [0.25, 0.3) is 0 Å². The predicted molar refractivity (Wildman–Crippen MR) is 83.8 cm³/mol. The summed E-state index contributed by atoms with van der Waals surface area (Å²) in [5, 5.41) is 9.87. The zero-order chi connectivity index (χ0) is 15.6. The maximum Gasteiger partial charge on any atom is 0.225 e. The fourth-order valence-corrected chi connectivity index (χ4v) is 3.58. The van der Waals surface area contributed by atoms with Crippen LogP contribution in [0.1, 0.15) is 40.0 Å². The number of hydrogen-bond donors (Lipinski definition) is 2. The van der Waals surface area contributed by atoms with E-state index < -0.39 is 5.60 Å². The number of hydrogen-bond acceptors (Lipinski definition) is 4. The second kappa shape index (κ2) is 6.63. The fraction of sp³-hybridized carbons (Fsp3) is 0.938. The first-order chi connectivity index (χ1) is 9.76.